The molecule has 0 amide bonds. The monoisotopic (exact) mass is 184 g/mol. The highest BCUT2D eigenvalue weighted by molar-refractivity contribution is 5.96. The first kappa shape index (κ1) is 7.98. The third-order valence-electron chi connectivity index (χ3n) is 3.43. The van der Waals surface area contributed by atoms with Gasteiger partial charge < -0.3 is 0 Å². The number of hydrogen-bond acceptors (Lipinski definition) is 1. The Morgan fingerprint density at radius 2 is 1.93 bits per heavy atom. The minimum atomic E-state index is 0.153. The van der Waals surface area contributed by atoms with Crippen molar-refractivity contribution >= 4 is 5.78 Å². The summed E-state index contributed by atoms with van der Waals surface area (Å²) in [5, 5.41) is 0. The Morgan fingerprint density at radius 3 is 2.71 bits per heavy atom. The summed E-state index contributed by atoms with van der Waals surface area (Å²) in [5.41, 5.74) is 1.19. The van der Waals surface area contributed by atoms with Crippen molar-refractivity contribution < 1.29 is 4.79 Å². The molecule has 2 aliphatic rings. The molecule has 1 heteroatoms. The van der Waals surface area contributed by atoms with Crippen molar-refractivity contribution in [1.82, 2.24) is 0 Å². The van der Waals surface area contributed by atoms with Crippen molar-refractivity contribution in [3.63, 3.8) is 0 Å². The second-order valence-corrected chi connectivity index (χ2v) is 4.14. The summed E-state index contributed by atoms with van der Waals surface area (Å²) in [6.07, 6.45) is 5.33. The summed E-state index contributed by atoms with van der Waals surface area (Å²) in [7, 11) is 0. The number of carbonyl (C=O) groups excluding carboxylic acids is 1. The highest BCUT2D eigenvalue weighted by Gasteiger charge is 2.49. The third kappa shape index (κ3) is 0.926. The molecule has 70 valence electrons. The molecule has 1 fully saturated rings. The van der Waals surface area contributed by atoms with Gasteiger partial charge in [0, 0.05) is 17.8 Å². The van der Waals surface area contributed by atoms with Gasteiger partial charge in [-0.3, -0.25) is 4.79 Å². The molecule has 0 N–H and O–H groups in total. The van der Waals surface area contributed by atoms with Crippen molar-refractivity contribution in [2.45, 2.75) is 12.3 Å². The van der Waals surface area contributed by atoms with E-state index >= 15 is 0 Å². The molecule has 3 rings (SSSR count). The molecule has 1 saturated carbocycles. The summed E-state index contributed by atoms with van der Waals surface area (Å²) < 4.78 is 0. The predicted molar refractivity (Wildman–Crippen MR) is 54.9 cm³/mol. The maximum Gasteiger partial charge on any atom is 0.144 e. The highest BCUT2D eigenvalue weighted by Crippen LogP contribution is 2.49. The molecule has 1 aromatic carbocycles. The summed E-state index contributed by atoms with van der Waals surface area (Å²) >= 11 is 0. The summed E-state index contributed by atoms with van der Waals surface area (Å²) in [6.45, 7) is 0. The minimum Gasteiger partial charge on any atom is -0.299 e. The zero-order valence-electron chi connectivity index (χ0n) is 7.89. The normalized spacial score (nSPS) is 34.0. The van der Waals surface area contributed by atoms with Crippen LogP contribution in [0.1, 0.15) is 17.9 Å². The van der Waals surface area contributed by atoms with Gasteiger partial charge in [0.1, 0.15) is 5.78 Å². The Balaban J connectivity index is 1.94. The Labute approximate surface area is 83.4 Å². The van der Waals surface area contributed by atoms with E-state index < -0.39 is 0 Å². The molecule has 1 nitrogen and oxygen atoms in total. The molecule has 0 saturated heterocycles. The molecule has 0 heterocycles. The van der Waals surface area contributed by atoms with Crippen LogP contribution in [0.25, 0.3) is 0 Å². The van der Waals surface area contributed by atoms with Gasteiger partial charge in [-0.1, -0.05) is 42.5 Å². The van der Waals surface area contributed by atoms with E-state index in [4.69, 9.17) is 0 Å². The van der Waals surface area contributed by atoms with Crippen molar-refractivity contribution in [1.29, 1.82) is 0 Å². The quantitative estimate of drug-likeness (QED) is 0.613. The number of ketones is 1. The van der Waals surface area contributed by atoms with Crippen molar-refractivity contribution in [2.75, 3.05) is 0 Å². The van der Waals surface area contributed by atoms with E-state index in [0.29, 0.717) is 17.6 Å². The predicted octanol–water partition coefficient (Wildman–Crippen LogP) is 2.55. The van der Waals surface area contributed by atoms with E-state index in [0.717, 1.165) is 6.42 Å². The molecule has 3 atom stereocenters. The molecule has 3 unspecified atom stereocenters. The Hall–Kier alpha value is -1.37. The van der Waals surface area contributed by atoms with Crippen LogP contribution < -0.4 is 0 Å². The maximum absolute atomic E-state index is 11.8. The third-order valence-corrected chi connectivity index (χ3v) is 3.43. The van der Waals surface area contributed by atoms with E-state index in [-0.39, 0.29) is 5.92 Å². The number of hydrogen-bond donors (Lipinski definition) is 0. The van der Waals surface area contributed by atoms with Gasteiger partial charge in [0.2, 0.25) is 0 Å². The van der Waals surface area contributed by atoms with E-state index in [1.807, 2.05) is 18.2 Å². The topological polar surface area (TPSA) is 17.1 Å². The number of benzene rings is 1. The first-order valence-electron chi connectivity index (χ1n) is 5.13. The molecule has 1 aromatic rings. The Bertz CT molecular complexity index is 391. The summed E-state index contributed by atoms with van der Waals surface area (Å²) in [5.74, 6) is 1.39. The van der Waals surface area contributed by atoms with Crippen LogP contribution in [0.3, 0.4) is 0 Å². The lowest BCUT2D eigenvalue weighted by Crippen LogP contribution is -2.42. The molecule has 14 heavy (non-hydrogen) atoms. The van der Waals surface area contributed by atoms with E-state index in [9.17, 15) is 4.79 Å². The Kier molecular flexibility index (Phi) is 1.60. The summed E-state index contributed by atoms with van der Waals surface area (Å²) in [4.78, 5) is 11.8. The zero-order chi connectivity index (χ0) is 9.54. The number of carbonyl (C=O) groups is 1. The van der Waals surface area contributed by atoms with Gasteiger partial charge in [-0.15, -0.1) is 0 Å². The van der Waals surface area contributed by atoms with Crippen LogP contribution in [-0.4, -0.2) is 5.78 Å². The first-order valence-corrected chi connectivity index (χ1v) is 5.13. The van der Waals surface area contributed by atoms with Crippen LogP contribution in [0.2, 0.25) is 0 Å². The van der Waals surface area contributed by atoms with E-state index in [1.54, 1.807) is 0 Å². The lowest BCUT2D eigenvalue weighted by Gasteiger charge is -2.38. The SMILES string of the molecule is O=C1C2CC=CC2C1c1ccccc1. The lowest BCUT2D eigenvalue weighted by atomic mass is 9.63. The van der Waals surface area contributed by atoms with E-state index in [2.05, 4.69) is 24.3 Å². The van der Waals surface area contributed by atoms with Crippen LogP contribution in [0, 0.1) is 11.8 Å². The number of Topliss-reactive ketones (excluding diaryl/α,β-unsaturated/α-hetero) is 1. The average molecular weight is 184 g/mol. The van der Waals surface area contributed by atoms with Gasteiger partial charge in [-0.05, 0) is 12.0 Å². The maximum atomic E-state index is 11.8. The van der Waals surface area contributed by atoms with Gasteiger partial charge in [0.05, 0.1) is 0 Å². The van der Waals surface area contributed by atoms with Gasteiger partial charge in [0.15, 0.2) is 0 Å². The van der Waals surface area contributed by atoms with Gasteiger partial charge >= 0.3 is 0 Å². The molecular weight excluding hydrogens is 172 g/mol. The minimum absolute atomic E-state index is 0.153. The van der Waals surface area contributed by atoms with Crippen LogP contribution in [0.15, 0.2) is 42.5 Å². The second kappa shape index (κ2) is 2.81. The van der Waals surface area contributed by atoms with Gasteiger partial charge in [0.25, 0.3) is 0 Å². The largest absolute Gasteiger partial charge is 0.299 e. The first-order chi connectivity index (χ1) is 6.88. The zero-order valence-corrected chi connectivity index (χ0v) is 7.89. The average Bonchev–Trinajstić information content (AvgIpc) is 2.63. The molecule has 0 aliphatic heterocycles. The smallest absolute Gasteiger partial charge is 0.144 e. The van der Waals surface area contributed by atoms with Crippen molar-refractivity contribution in [3.8, 4) is 0 Å². The fourth-order valence-corrected chi connectivity index (χ4v) is 2.67. The van der Waals surface area contributed by atoms with Crippen LogP contribution in [0.5, 0.6) is 0 Å². The standard InChI is InChI=1S/C13H12O/c14-13-11-8-4-7-10(11)12(13)9-5-2-1-3-6-9/h1-7,10-12H,8H2. The fraction of sp³-hybridized carbons (Fsp3) is 0.308. The molecular formula is C13H12O. The lowest BCUT2D eigenvalue weighted by molar-refractivity contribution is -0.134. The summed E-state index contributed by atoms with van der Waals surface area (Å²) in [6, 6.07) is 10.1. The van der Waals surface area contributed by atoms with Crippen molar-refractivity contribution in [3.05, 3.63) is 48.0 Å². The van der Waals surface area contributed by atoms with Crippen LogP contribution in [0.4, 0.5) is 0 Å². The molecule has 2 aliphatic carbocycles. The molecule has 0 radical (unpaired) electrons. The fourth-order valence-electron chi connectivity index (χ4n) is 2.67. The second-order valence-electron chi connectivity index (χ2n) is 4.14. The number of allylic oxidation sites excluding steroid dienone is 2. The highest BCUT2D eigenvalue weighted by atomic mass is 16.1. The molecule has 0 spiro atoms. The van der Waals surface area contributed by atoms with Gasteiger partial charge in [-0.25, -0.2) is 0 Å². The number of fused-ring (bicyclic) bond motifs is 1. The van der Waals surface area contributed by atoms with Crippen LogP contribution in [-0.2, 0) is 4.79 Å². The van der Waals surface area contributed by atoms with Crippen LogP contribution >= 0.6 is 0 Å². The molecule has 0 bridgehead atoms. The van der Waals surface area contributed by atoms with E-state index in [1.165, 1.54) is 5.56 Å². The Morgan fingerprint density at radius 1 is 1.14 bits per heavy atom. The van der Waals surface area contributed by atoms with Crippen molar-refractivity contribution in [2.24, 2.45) is 11.8 Å². The number of rotatable bonds is 1. The molecule has 0 aromatic heterocycles. The van der Waals surface area contributed by atoms with Gasteiger partial charge in [-0.2, -0.15) is 0 Å².